The molecule has 8 rings (SSSR count). The molecule has 0 aliphatic heterocycles. The van der Waals surface area contributed by atoms with E-state index in [4.69, 9.17) is 13.1 Å². The van der Waals surface area contributed by atoms with Crippen molar-refractivity contribution in [2.45, 2.75) is 0 Å². The Morgan fingerprint density at radius 3 is 1.72 bits per heavy atom. The molecule has 1 aromatic heterocycles. The molecular weight excluding hydrogens is 625 g/mol. The zero-order chi connectivity index (χ0) is 34.1. The van der Waals surface area contributed by atoms with E-state index in [-0.39, 0.29) is 0 Å². The molecule has 8 aromatic rings. The SMILES string of the molecule is [C-]#[N+]c1cccc([Si](c2ccccc2)(c2ccccc2)c2ccc(-c3ccccc3-n3c4ccc(C#N)cc4c4cc([N+]#[C-])ccc43)cc2)c1. The van der Waals surface area contributed by atoms with Gasteiger partial charge in [0.1, 0.15) is 0 Å². The highest BCUT2D eigenvalue weighted by Gasteiger charge is 2.41. The van der Waals surface area contributed by atoms with Gasteiger partial charge in [-0.3, -0.25) is 0 Å². The first-order valence-electron chi connectivity index (χ1n) is 16.3. The molecule has 0 atom stereocenters. The second-order valence-corrected chi connectivity index (χ2v) is 16.0. The summed E-state index contributed by atoms with van der Waals surface area (Å²) in [6.07, 6.45) is 0. The number of hydrogen-bond donors (Lipinski definition) is 0. The first-order chi connectivity index (χ1) is 24.6. The highest BCUT2D eigenvalue weighted by atomic mass is 28.3. The second-order valence-electron chi connectivity index (χ2n) is 12.2. The summed E-state index contributed by atoms with van der Waals surface area (Å²) in [6.45, 7) is 15.4. The lowest BCUT2D eigenvalue weighted by molar-refractivity contribution is 1.18. The molecule has 0 spiro atoms. The van der Waals surface area contributed by atoms with Gasteiger partial charge in [-0.2, -0.15) is 5.26 Å². The molecule has 0 aliphatic carbocycles. The minimum absolute atomic E-state index is 0.564. The normalized spacial score (nSPS) is 11.1. The van der Waals surface area contributed by atoms with Crippen molar-refractivity contribution in [2.24, 2.45) is 0 Å². The van der Waals surface area contributed by atoms with E-state index in [1.54, 1.807) is 0 Å². The van der Waals surface area contributed by atoms with Gasteiger partial charge in [-0.05, 0) is 62.9 Å². The topological polar surface area (TPSA) is 37.4 Å². The first kappa shape index (κ1) is 30.4. The van der Waals surface area contributed by atoms with Crippen LogP contribution < -0.4 is 20.7 Å². The zero-order valence-electron chi connectivity index (χ0n) is 27.0. The maximum atomic E-state index is 9.70. The van der Waals surface area contributed by atoms with E-state index in [2.05, 4.69) is 142 Å². The van der Waals surface area contributed by atoms with Crippen molar-refractivity contribution in [3.63, 3.8) is 0 Å². The van der Waals surface area contributed by atoms with Crippen molar-refractivity contribution in [1.82, 2.24) is 4.57 Å². The third-order valence-electron chi connectivity index (χ3n) is 9.60. The molecule has 0 N–H and O–H groups in total. The molecule has 0 bridgehead atoms. The van der Waals surface area contributed by atoms with Crippen LogP contribution >= 0.6 is 0 Å². The Balaban J connectivity index is 1.35. The quantitative estimate of drug-likeness (QED) is 0.101. The second kappa shape index (κ2) is 12.6. The molecule has 5 heteroatoms. The molecule has 232 valence electrons. The van der Waals surface area contributed by atoms with Crippen LogP contribution in [-0.4, -0.2) is 12.6 Å². The molecular formula is C45H28N4Si. The van der Waals surface area contributed by atoms with Gasteiger partial charge < -0.3 is 4.57 Å². The lowest BCUT2D eigenvalue weighted by Crippen LogP contribution is -2.74. The summed E-state index contributed by atoms with van der Waals surface area (Å²) in [6, 6.07) is 60.8. The number of fused-ring (bicyclic) bond motifs is 3. The maximum absolute atomic E-state index is 9.70. The Kier molecular flexibility index (Phi) is 7.63. The van der Waals surface area contributed by atoms with E-state index < -0.39 is 8.07 Å². The highest BCUT2D eigenvalue weighted by molar-refractivity contribution is 7.19. The molecule has 0 aliphatic rings. The first-order valence-corrected chi connectivity index (χ1v) is 18.3. The summed E-state index contributed by atoms with van der Waals surface area (Å²) in [5, 5.41) is 16.5. The van der Waals surface area contributed by atoms with Gasteiger partial charge in [-0.1, -0.05) is 139 Å². The summed E-state index contributed by atoms with van der Waals surface area (Å²) in [4.78, 5) is 7.50. The van der Waals surface area contributed by atoms with Crippen molar-refractivity contribution in [3.05, 3.63) is 198 Å². The fourth-order valence-electron chi connectivity index (χ4n) is 7.41. The molecule has 0 fully saturated rings. The van der Waals surface area contributed by atoms with Crippen molar-refractivity contribution in [2.75, 3.05) is 0 Å². The van der Waals surface area contributed by atoms with Crippen molar-refractivity contribution in [3.8, 4) is 22.9 Å². The molecule has 0 saturated heterocycles. The Morgan fingerprint density at radius 2 is 1.06 bits per heavy atom. The molecule has 1 heterocycles. The minimum atomic E-state index is -2.83. The number of benzene rings is 7. The van der Waals surface area contributed by atoms with Gasteiger partial charge in [0.05, 0.1) is 41.5 Å². The fraction of sp³-hybridized carbons (Fsp3) is 0. The van der Waals surface area contributed by atoms with Crippen LogP contribution in [0.2, 0.25) is 0 Å². The number of nitrogens with zero attached hydrogens (tertiary/aromatic N) is 4. The summed E-state index contributed by atoms with van der Waals surface area (Å²) < 4.78 is 2.24. The number of para-hydroxylation sites is 1. The number of hydrogen-bond acceptors (Lipinski definition) is 1. The monoisotopic (exact) mass is 652 g/mol. The Hall–Kier alpha value is -6.97. The maximum Gasteiger partial charge on any atom is 0.188 e. The third-order valence-corrected chi connectivity index (χ3v) is 14.4. The van der Waals surface area contributed by atoms with Crippen LogP contribution in [0.25, 0.3) is 48.3 Å². The van der Waals surface area contributed by atoms with Gasteiger partial charge in [0.15, 0.2) is 19.4 Å². The van der Waals surface area contributed by atoms with Gasteiger partial charge in [0.25, 0.3) is 0 Å². The number of aromatic nitrogens is 1. The van der Waals surface area contributed by atoms with E-state index in [0.717, 1.165) is 43.8 Å². The van der Waals surface area contributed by atoms with Crippen LogP contribution in [0.5, 0.6) is 0 Å². The number of nitriles is 1. The number of rotatable bonds is 6. The van der Waals surface area contributed by atoms with Gasteiger partial charge in [-0.25, -0.2) is 9.69 Å². The van der Waals surface area contributed by atoms with Crippen molar-refractivity contribution in [1.29, 1.82) is 5.26 Å². The zero-order valence-corrected chi connectivity index (χ0v) is 28.0. The van der Waals surface area contributed by atoms with E-state index >= 15 is 0 Å². The lowest BCUT2D eigenvalue weighted by Gasteiger charge is -2.34. The average Bonchev–Trinajstić information content (AvgIpc) is 3.52. The summed E-state index contributed by atoms with van der Waals surface area (Å²) in [5.74, 6) is 0. The molecule has 4 nitrogen and oxygen atoms in total. The van der Waals surface area contributed by atoms with Crippen molar-refractivity contribution >= 4 is 62.0 Å². The van der Waals surface area contributed by atoms with Crippen LogP contribution in [0.1, 0.15) is 5.56 Å². The largest absolute Gasteiger partial charge is 0.309 e. The predicted molar refractivity (Wildman–Crippen MR) is 207 cm³/mol. The third kappa shape index (κ3) is 4.88. The Morgan fingerprint density at radius 1 is 0.500 bits per heavy atom. The molecule has 50 heavy (non-hydrogen) atoms. The molecule has 0 radical (unpaired) electrons. The van der Waals surface area contributed by atoms with Crippen LogP contribution in [0.15, 0.2) is 170 Å². The highest BCUT2D eigenvalue weighted by Crippen LogP contribution is 2.38. The van der Waals surface area contributed by atoms with E-state index in [9.17, 15) is 5.26 Å². The average molecular weight is 653 g/mol. The lowest BCUT2D eigenvalue weighted by atomic mass is 10.0. The summed E-state index contributed by atoms with van der Waals surface area (Å²) in [7, 11) is -2.83. The van der Waals surface area contributed by atoms with Crippen LogP contribution in [0.3, 0.4) is 0 Å². The van der Waals surface area contributed by atoms with Crippen LogP contribution in [0.4, 0.5) is 11.4 Å². The summed E-state index contributed by atoms with van der Waals surface area (Å²) >= 11 is 0. The molecule has 0 amide bonds. The Labute approximate surface area is 292 Å². The van der Waals surface area contributed by atoms with E-state index in [1.807, 2.05) is 48.5 Å². The standard InChI is InChI=1S/C45H28N4Si/c1-47-34-12-11-17-39(29-34)50(36-13-5-3-6-14-36,37-15-7-4-8-16-37)38-24-21-33(22-25-38)40-18-9-10-19-43(40)49-44-26-20-32(31-46)28-41(44)42-30-35(48-2)23-27-45(42)49/h3-30H. The van der Waals surface area contributed by atoms with Crippen LogP contribution in [0, 0.1) is 24.5 Å². The van der Waals surface area contributed by atoms with Gasteiger partial charge in [0.2, 0.25) is 0 Å². The Bertz CT molecular complexity index is 2560. The van der Waals surface area contributed by atoms with Crippen molar-refractivity contribution < 1.29 is 0 Å². The van der Waals surface area contributed by atoms with Gasteiger partial charge in [0, 0.05) is 10.9 Å². The van der Waals surface area contributed by atoms with E-state index in [0.29, 0.717) is 16.9 Å². The van der Waals surface area contributed by atoms with Crippen LogP contribution in [-0.2, 0) is 0 Å². The molecule has 0 saturated carbocycles. The smallest absolute Gasteiger partial charge is 0.188 e. The van der Waals surface area contributed by atoms with Gasteiger partial charge >= 0.3 is 0 Å². The predicted octanol–water partition coefficient (Wildman–Crippen LogP) is 8.80. The summed E-state index contributed by atoms with van der Waals surface area (Å²) in [5.41, 5.74) is 6.89. The fourth-order valence-corrected chi connectivity index (χ4v) is 12.2. The minimum Gasteiger partial charge on any atom is -0.309 e. The van der Waals surface area contributed by atoms with E-state index in [1.165, 1.54) is 15.6 Å². The molecule has 7 aromatic carbocycles. The van der Waals surface area contributed by atoms with Gasteiger partial charge in [-0.15, -0.1) is 0 Å². The molecule has 0 unspecified atom stereocenters.